The average molecular weight is 406 g/mol. The lowest BCUT2D eigenvalue weighted by atomic mass is 9.98. The third kappa shape index (κ3) is 3.54. The van der Waals surface area contributed by atoms with E-state index in [9.17, 15) is 4.79 Å². The van der Waals surface area contributed by atoms with Gasteiger partial charge in [-0.15, -0.1) is 11.3 Å². The Bertz CT molecular complexity index is 867. The van der Waals surface area contributed by atoms with Crippen LogP contribution in [0, 0.1) is 0 Å². The maximum absolute atomic E-state index is 12.6. The average Bonchev–Trinajstić information content (AvgIpc) is 3.18. The first kappa shape index (κ1) is 16.8. The monoisotopic (exact) mass is 405 g/mol. The molecule has 0 saturated heterocycles. The van der Waals surface area contributed by atoms with Crippen LogP contribution in [0.2, 0.25) is 0 Å². The van der Waals surface area contributed by atoms with Crippen molar-refractivity contribution in [2.45, 2.75) is 26.2 Å². The summed E-state index contributed by atoms with van der Waals surface area (Å²) in [4.78, 5) is 21.5. The molecule has 124 valence electrons. The van der Waals surface area contributed by atoms with Crippen LogP contribution >= 0.6 is 27.3 Å². The van der Waals surface area contributed by atoms with Gasteiger partial charge < -0.3 is 5.32 Å². The predicted molar refractivity (Wildman–Crippen MR) is 97.8 cm³/mol. The molecule has 0 saturated carbocycles. The van der Waals surface area contributed by atoms with Crippen molar-refractivity contribution in [1.82, 2.24) is 19.7 Å². The lowest BCUT2D eigenvalue weighted by Gasteiger charge is -2.13. The summed E-state index contributed by atoms with van der Waals surface area (Å²) in [6.45, 7) is 6.22. The van der Waals surface area contributed by atoms with Gasteiger partial charge in [0.2, 0.25) is 0 Å². The van der Waals surface area contributed by atoms with Crippen molar-refractivity contribution in [3.63, 3.8) is 0 Å². The van der Waals surface area contributed by atoms with Gasteiger partial charge in [0, 0.05) is 9.89 Å². The molecule has 1 amide bonds. The molecular formula is C16H16BrN5OS. The van der Waals surface area contributed by atoms with E-state index in [2.05, 4.69) is 57.1 Å². The quantitative estimate of drug-likeness (QED) is 0.713. The molecule has 0 aliphatic heterocycles. The zero-order valence-electron chi connectivity index (χ0n) is 13.4. The minimum Gasteiger partial charge on any atom is -0.319 e. The summed E-state index contributed by atoms with van der Waals surface area (Å²) in [7, 11) is 0. The topological polar surface area (TPSA) is 72.7 Å². The fourth-order valence-electron chi connectivity index (χ4n) is 2.05. The lowest BCUT2D eigenvalue weighted by molar-refractivity contribution is 0.103. The Hall–Kier alpha value is -2.06. The van der Waals surface area contributed by atoms with Crippen molar-refractivity contribution in [3.05, 3.63) is 51.4 Å². The first-order valence-electron chi connectivity index (χ1n) is 7.27. The second kappa shape index (κ2) is 6.45. The number of anilines is 1. The molecule has 3 rings (SSSR count). The van der Waals surface area contributed by atoms with Gasteiger partial charge in [-0.05, 0) is 18.2 Å². The second-order valence-corrected chi connectivity index (χ2v) is 8.18. The highest BCUT2D eigenvalue weighted by molar-refractivity contribution is 9.10. The molecule has 1 N–H and O–H groups in total. The molecule has 0 bridgehead atoms. The maximum atomic E-state index is 12.6. The Morgan fingerprint density at radius 3 is 2.75 bits per heavy atom. The van der Waals surface area contributed by atoms with Crippen LogP contribution in [0.5, 0.6) is 0 Å². The van der Waals surface area contributed by atoms with E-state index in [1.807, 2.05) is 18.2 Å². The van der Waals surface area contributed by atoms with Gasteiger partial charge in [-0.2, -0.15) is 5.10 Å². The van der Waals surface area contributed by atoms with Gasteiger partial charge in [0.05, 0.1) is 22.6 Å². The van der Waals surface area contributed by atoms with E-state index in [1.165, 1.54) is 17.7 Å². The third-order valence-corrected chi connectivity index (χ3v) is 5.16. The molecule has 0 aliphatic carbocycles. The predicted octanol–water partition coefficient (Wildman–Crippen LogP) is 4.04. The molecule has 2 aromatic heterocycles. The van der Waals surface area contributed by atoms with E-state index in [0.717, 1.165) is 15.2 Å². The van der Waals surface area contributed by atoms with Gasteiger partial charge in [-0.25, -0.2) is 14.6 Å². The number of halogens is 1. The van der Waals surface area contributed by atoms with Gasteiger partial charge in [-0.1, -0.05) is 36.7 Å². The molecule has 24 heavy (non-hydrogen) atoms. The minimum atomic E-state index is -0.192. The Labute approximate surface area is 152 Å². The Balaban J connectivity index is 1.90. The highest BCUT2D eigenvalue weighted by Crippen LogP contribution is 2.29. The number of rotatable bonds is 3. The maximum Gasteiger partial charge on any atom is 0.267 e. The van der Waals surface area contributed by atoms with Crippen molar-refractivity contribution in [2.75, 3.05) is 5.32 Å². The summed E-state index contributed by atoms with van der Waals surface area (Å²) >= 11 is 4.83. The number of amides is 1. The van der Waals surface area contributed by atoms with Crippen molar-refractivity contribution in [2.24, 2.45) is 0 Å². The van der Waals surface area contributed by atoms with Gasteiger partial charge in [-0.3, -0.25) is 4.79 Å². The highest BCUT2D eigenvalue weighted by Gasteiger charge is 2.21. The molecule has 2 heterocycles. The van der Waals surface area contributed by atoms with Gasteiger partial charge in [0.1, 0.15) is 17.5 Å². The number of nitrogens with zero attached hydrogens (tertiary/aromatic N) is 4. The van der Waals surface area contributed by atoms with E-state index in [1.54, 1.807) is 17.2 Å². The number of thiazole rings is 1. The number of hydrogen-bond acceptors (Lipinski definition) is 5. The van der Waals surface area contributed by atoms with E-state index < -0.39 is 0 Å². The van der Waals surface area contributed by atoms with Crippen molar-refractivity contribution >= 4 is 38.9 Å². The Morgan fingerprint density at radius 2 is 2.12 bits per heavy atom. The van der Waals surface area contributed by atoms with Crippen LogP contribution in [0.15, 0.2) is 41.5 Å². The molecule has 0 unspecified atom stereocenters. The lowest BCUT2D eigenvalue weighted by Crippen LogP contribution is -2.13. The molecule has 0 atom stereocenters. The van der Waals surface area contributed by atoms with Crippen LogP contribution in [-0.2, 0) is 5.41 Å². The van der Waals surface area contributed by atoms with E-state index in [-0.39, 0.29) is 11.3 Å². The molecule has 0 radical (unpaired) electrons. The summed E-state index contributed by atoms with van der Waals surface area (Å²) in [5.41, 5.74) is 1.31. The largest absolute Gasteiger partial charge is 0.319 e. The summed E-state index contributed by atoms with van der Waals surface area (Å²) < 4.78 is 2.47. The van der Waals surface area contributed by atoms with Crippen molar-refractivity contribution < 1.29 is 4.79 Å². The SMILES string of the molecule is CC(C)(C)c1ncc(C(=O)Nc2cc(Br)ccc2-n2cncn2)s1. The van der Waals surface area contributed by atoms with Crippen LogP contribution in [0.4, 0.5) is 5.69 Å². The number of carbonyl (C=O) groups excluding carboxylic acids is 1. The number of nitrogens with one attached hydrogen (secondary N) is 1. The Morgan fingerprint density at radius 1 is 1.33 bits per heavy atom. The summed E-state index contributed by atoms with van der Waals surface area (Å²) in [6.07, 6.45) is 4.66. The standard InChI is InChI=1S/C16H16BrN5OS/c1-16(2,3)15-19-7-13(24-15)14(23)21-11-6-10(17)4-5-12(11)22-9-18-8-20-22/h4-9H,1-3H3,(H,21,23). The zero-order valence-corrected chi connectivity index (χ0v) is 15.8. The molecule has 8 heteroatoms. The summed E-state index contributed by atoms with van der Waals surface area (Å²) in [5, 5.41) is 7.99. The van der Waals surface area contributed by atoms with Crippen LogP contribution < -0.4 is 5.32 Å². The van der Waals surface area contributed by atoms with Crippen LogP contribution in [0.1, 0.15) is 35.5 Å². The molecule has 0 aliphatic rings. The molecule has 3 aromatic rings. The van der Waals surface area contributed by atoms with E-state index >= 15 is 0 Å². The molecule has 0 spiro atoms. The van der Waals surface area contributed by atoms with E-state index in [0.29, 0.717) is 10.6 Å². The smallest absolute Gasteiger partial charge is 0.267 e. The van der Waals surface area contributed by atoms with Crippen molar-refractivity contribution in [1.29, 1.82) is 0 Å². The molecular weight excluding hydrogens is 390 g/mol. The molecule has 0 fully saturated rings. The zero-order chi connectivity index (χ0) is 17.3. The third-order valence-electron chi connectivity index (χ3n) is 3.24. The van der Waals surface area contributed by atoms with Gasteiger partial charge in [0.15, 0.2) is 0 Å². The van der Waals surface area contributed by atoms with Crippen LogP contribution in [-0.4, -0.2) is 25.7 Å². The van der Waals surface area contributed by atoms with Crippen molar-refractivity contribution in [3.8, 4) is 5.69 Å². The second-order valence-electron chi connectivity index (χ2n) is 6.24. The fourth-order valence-corrected chi connectivity index (χ4v) is 3.28. The fraction of sp³-hybridized carbons (Fsp3) is 0.250. The Kier molecular flexibility index (Phi) is 4.51. The first-order valence-corrected chi connectivity index (χ1v) is 8.88. The van der Waals surface area contributed by atoms with Crippen LogP contribution in [0.25, 0.3) is 5.69 Å². The minimum absolute atomic E-state index is 0.0785. The number of aromatic nitrogens is 4. The van der Waals surface area contributed by atoms with Crippen LogP contribution in [0.3, 0.4) is 0 Å². The van der Waals surface area contributed by atoms with Gasteiger partial charge in [0.25, 0.3) is 5.91 Å². The molecule has 6 nitrogen and oxygen atoms in total. The summed E-state index contributed by atoms with van der Waals surface area (Å²) in [5.74, 6) is -0.192. The normalized spacial score (nSPS) is 11.5. The number of benzene rings is 1. The van der Waals surface area contributed by atoms with Gasteiger partial charge >= 0.3 is 0 Å². The highest BCUT2D eigenvalue weighted by atomic mass is 79.9. The number of hydrogen-bond donors (Lipinski definition) is 1. The summed E-state index contributed by atoms with van der Waals surface area (Å²) in [6, 6.07) is 5.58. The first-order chi connectivity index (χ1) is 11.3. The van der Waals surface area contributed by atoms with E-state index in [4.69, 9.17) is 0 Å². The number of carbonyl (C=O) groups is 1. The molecule has 1 aromatic carbocycles.